The van der Waals surface area contributed by atoms with Gasteiger partial charge in [0.1, 0.15) is 11.7 Å². The van der Waals surface area contributed by atoms with Crippen LogP contribution in [0.5, 0.6) is 0 Å². The molecule has 1 saturated carbocycles. The van der Waals surface area contributed by atoms with Gasteiger partial charge in [-0.3, -0.25) is 9.59 Å². The minimum Gasteiger partial charge on any atom is -0.468 e. The SMILES string of the molecule is COC(=O)[C@H]1C[C@](C#N)(c2cccs2)CCC1=O. The molecule has 0 bridgehead atoms. The Hall–Kier alpha value is -1.67. The predicted octanol–water partition coefficient (Wildman–Crippen LogP) is 2.05. The van der Waals surface area contributed by atoms with Gasteiger partial charge in [-0.05, 0) is 24.3 Å². The number of Topliss-reactive ketones (excluding diaryl/α,β-unsaturated/α-hetero) is 1. The predicted molar refractivity (Wildman–Crippen MR) is 66.0 cm³/mol. The standard InChI is InChI=1S/C13H13NO3S/c1-17-12(16)9-7-13(8-14,5-4-10(9)15)11-3-2-6-18-11/h2-3,6,9H,4-5,7H2,1H3/t9-,13+/m0/s1. The van der Waals surface area contributed by atoms with Crippen LogP contribution in [0.4, 0.5) is 0 Å². The molecule has 94 valence electrons. The Balaban J connectivity index is 2.33. The Labute approximate surface area is 109 Å². The first kappa shape index (κ1) is 12.8. The zero-order valence-corrected chi connectivity index (χ0v) is 10.8. The largest absolute Gasteiger partial charge is 0.468 e. The van der Waals surface area contributed by atoms with Gasteiger partial charge in [-0.1, -0.05) is 6.07 Å². The van der Waals surface area contributed by atoms with E-state index in [1.807, 2.05) is 17.5 Å². The summed E-state index contributed by atoms with van der Waals surface area (Å²) < 4.78 is 4.65. The van der Waals surface area contributed by atoms with Crippen molar-refractivity contribution in [2.75, 3.05) is 7.11 Å². The van der Waals surface area contributed by atoms with E-state index in [9.17, 15) is 14.9 Å². The van der Waals surface area contributed by atoms with E-state index in [4.69, 9.17) is 0 Å². The molecule has 0 aliphatic heterocycles. The summed E-state index contributed by atoms with van der Waals surface area (Å²) in [7, 11) is 1.27. The number of carbonyl (C=O) groups excluding carboxylic acids is 2. The van der Waals surface area contributed by atoms with Crippen LogP contribution in [0.1, 0.15) is 24.1 Å². The lowest BCUT2D eigenvalue weighted by Gasteiger charge is -2.32. The Kier molecular flexibility index (Phi) is 3.48. The van der Waals surface area contributed by atoms with Crippen molar-refractivity contribution in [1.82, 2.24) is 0 Å². The molecule has 0 amide bonds. The summed E-state index contributed by atoms with van der Waals surface area (Å²) >= 11 is 1.49. The van der Waals surface area contributed by atoms with Crippen molar-refractivity contribution in [3.8, 4) is 6.07 Å². The van der Waals surface area contributed by atoms with Crippen LogP contribution in [-0.4, -0.2) is 18.9 Å². The molecule has 1 aromatic heterocycles. The zero-order valence-electron chi connectivity index (χ0n) is 10.0. The molecule has 1 fully saturated rings. The lowest BCUT2D eigenvalue weighted by molar-refractivity contribution is -0.151. The third kappa shape index (κ3) is 2.04. The molecule has 0 aromatic carbocycles. The average Bonchev–Trinajstić information content (AvgIpc) is 2.93. The van der Waals surface area contributed by atoms with Crippen molar-refractivity contribution in [2.24, 2.45) is 5.92 Å². The van der Waals surface area contributed by atoms with E-state index in [1.165, 1.54) is 18.4 Å². The molecule has 1 heterocycles. The summed E-state index contributed by atoms with van der Waals surface area (Å²) in [6.45, 7) is 0. The molecule has 0 unspecified atom stereocenters. The molecule has 0 spiro atoms. The third-order valence-corrected chi connectivity index (χ3v) is 4.51. The van der Waals surface area contributed by atoms with E-state index in [0.717, 1.165) is 4.88 Å². The maximum Gasteiger partial charge on any atom is 0.316 e. The summed E-state index contributed by atoms with van der Waals surface area (Å²) in [6.07, 6.45) is 0.969. The number of methoxy groups -OCH3 is 1. The minimum absolute atomic E-state index is 0.121. The van der Waals surface area contributed by atoms with E-state index < -0.39 is 17.3 Å². The lowest BCUT2D eigenvalue weighted by Crippen LogP contribution is -2.40. The molecule has 5 heteroatoms. The first-order chi connectivity index (χ1) is 8.63. The van der Waals surface area contributed by atoms with E-state index in [-0.39, 0.29) is 18.6 Å². The molecular formula is C13H13NO3S. The van der Waals surface area contributed by atoms with Crippen LogP contribution >= 0.6 is 11.3 Å². The number of rotatable bonds is 2. The van der Waals surface area contributed by atoms with Crippen molar-refractivity contribution in [3.63, 3.8) is 0 Å². The van der Waals surface area contributed by atoms with Gasteiger partial charge in [0.25, 0.3) is 0 Å². The number of nitrogens with zero attached hydrogens (tertiary/aromatic N) is 1. The number of hydrogen-bond acceptors (Lipinski definition) is 5. The molecule has 0 radical (unpaired) electrons. The van der Waals surface area contributed by atoms with Gasteiger partial charge in [0.05, 0.1) is 18.6 Å². The molecule has 18 heavy (non-hydrogen) atoms. The molecule has 0 saturated heterocycles. The summed E-state index contributed by atoms with van der Waals surface area (Å²) in [4.78, 5) is 24.3. The highest BCUT2D eigenvalue weighted by atomic mass is 32.1. The fourth-order valence-electron chi connectivity index (χ4n) is 2.36. The van der Waals surface area contributed by atoms with Crippen LogP contribution in [-0.2, 0) is 19.7 Å². The van der Waals surface area contributed by atoms with Crippen LogP contribution in [0.3, 0.4) is 0 Å². The first-order valence-corrected chi connectivity index (χ1v) is 6.57. The van der Waals surface area contributed by atoms with Gasteiger partial charge in [0.2, 0.25) is 0 Å². The topological polar surface area (TPSA) is 67.2 Å². The average molecular weight is 263 g/mol. The molecular weight excluding hydrogens is 250 g/mol. The molecule has 1 aromatic rings. The quantitative estimate of drug-likeness (QED) is 0.605. The number of nitriles is 1. The van der Waals surface area contributed by atoms with Crippen LogP contribution < -0.4 is 0 Å². The van der Waals surface area contributed by atoms with Gasteiger partial charge < -0.3 is 4.74 Å². The van der Waals surface area contributed by atoms with Gasteiger partial charge in [-0.2, -0.15) is 5.26 Å². The van der Waals surface area contributed by atoms with Crippen LogP contribution in [0, 0.1) is 17.2 Å². The van der Waals surface area contributed by atoms with Crippen LogP contribution in [0.2, 0.25) is 0 Å². The van der Waals surface area contributed by atoms with E-state index in [1.54, 1.807) is 0 Å². The Bertz CT molecular complexity index is 495. The van der Waals surface area contributed by atoms with Crippen molar-refractivity contribution in [2.45, 2.75) is 24.7 Å². The maximum absolute atomic E-state index is 11.8. The Morgan fingerprint density at radius 2 is 2.44 bits per heavy atom. The first-order valence-electron chi connectivity index (χ1n) is 5.69. The molecule has 0 N–H and O–H groups in total. The van der Waals surface area contributed by atoms with Crippen LogP contribution in [0.25, 0.3) is 0 Å². The Morgan fingerprint density at radius 1 is 1.67 bits per heavy atom. The second-order valence-corrected chi connectivity index (χ2v) is 5.37. The molecule has 2 atom stereocenters. The summed E-state index contributed by atoms with van der Waals surface area (Å²) in [5, 5.41) is 11.4. The normalized spacial score (nSPS) is 27.6. The van der Waals surface area contributed by atoms with Gasteiger partial charge in [0.15, 0.2) is 0 Å². The number of ether oxygens (including phenoxy) is 1. The fourth-order valence-corrected chi connectivity index (χ4v) is 3.28. The number of hydrogen-bond donors (Lipinski definition) is 0. The highest BCUT2D eigenvalue weighted by Gasteiger charge is 2.45. The zero-order chi connectivity index (χ0) is 13.2. The lowest BCUT2D eigenvalue weighted by atomic mass is 9.69. The van der Waals surface area contributed by atoms with Gasteiger partial charge in [0, 0.05) is 11.3 Å². The number of carbonyl (C=O) groups is 2. The molecule has 2 rings (SSSR count). The molecule has 1 aliphatic rings. The Morgan fingerprint density at radius 3 is 3.00 bits per heavy atom. The van der Waals surface area contributed by atoms with Gasteiger partial charge >= 0.3 is 5.97 Å². The number of esters is 1. The fraction of sp³-hybridized carbons (Fsp3) is 0.462. The van der Waals surface area contributed by atoms with Gasteiger partial charge in [-0.15, -0.1) is 11.3 Å². The second kappa shape index (κ2) is 4.91. The summed E-state index contributed by atoms with van der Waals surface area (Å²) in [6, 6.07) is 6.06. The third-order valence-electron chi connectivity index (χ3n) is 3.43. The van der Waals surface area contributed by atoms with Crippen molar-refractivity contribution in [1.29, 1.82) is 5.26 Å². The number of ketones is 1. The van der Waals surface area contributed by atoms with E-state index >= 15 is 0 Å². The summed E-state index contributed by atoms with van der Waals surface area (Å²) in [5.74, 6) is -1.45. The monoisotopic (exact) mass is 263 g/mol. The smallest absolute Gasteiger partial charge is 0.316 e. The maximum atomic E-state index is 11.8. The minimum atomic E-state index is -0.800. The van der Waals surface area contributed by atoms with Crippen molar-refractivity contribution in [3.05, 3.63) is 22.4 Å². The van der Waals surface area contributed by atoms with Crippen molar-refractivity contribution >= 4 is 23.1 Å². The van der Waals surface area contributed by atoms with E-state index in [0.29, 0.717) is 6.42 Å². The van der Waals surface area contributed by atoms with Crippen molar-refractivity contribution < 1.29 is 14.3 Å². The summed E-state index contributed by atoms with van der Waals surface area (Å²) in [5.41, 5.74) is -0.721. The van der Waals surface area contributed by atoms with Crippen LogP contribution in [0.15, 0.2) is 17.5 Å². The number of thiophene rings is 1. The molecule has 4 nitrogen and oxygen atoms in total. The highest BCUT2D eigenvalue weighted by Crippen LogP contribution is 2.42. The highest BCUT2D eigenvalue weighted by molar-refractivity contribution is 7.10. The van der Waals surface area contributed by atoms with Gasteiger partial charge in [-0.25, -0.2) is 0 Å². The molecule has 1 aliphatic carbocycles. The second-order valence-electron chi connectivity index (χ2n) is 4.42. The van der Waals surface area contributed by atoms with E-state index in [2.05, 4.69) is 10.8 Å².